The molecule has 2 heteroatoms. The molecule has 0 aromatic carbocycles. The van der Waals surface area contributed by atoms with Crippen LogP contribution < -0.4 is 0 Å². The Balaban J connectivity index is 0. The summed E-state index contributed by atoms with van der Waals surface area (Å²) in [5.74, 6) is 0.204. The summed E-state index contributed by atoms with van der Waals surface area (Å²) in [5, 5.41) is 0. The highest BCUT2D eigenvalue weighted by atomic mass is 16.1. The van der Waals surface area contributed by atoms with Crippen molar-refractivity contribution in [2.24, 2.45) is 0 Å². The lowest BCUT2D eigenvalue weighted by Gasteiger charge is -2.21. The van der Waals surface area contributed by atoms with Crippen LogP contribution in [0.5, 0.6) is 0 Å². The molecule has 0 amide bonds. The molecule has 0 aromatic rings. The van der Waals surface area contributed by atoms with E-state index in [-0.39, 0.29) is 5.78 Å². The molecule has 2 nitrogen and oxygen atoms in total. The molecule has 0 radical (unpaired) electrons. The van der Waals surface area contributed by atoms with Crippen molar-refractivity contribution < 1.29 is 4.79 Å². The fourth-order valence-corrected chi connectivity index (χ4v) is 1.81. The number of carbonyl (C=O) groups excluding carboxylic acids is 1. The monoisotopic (exact) mass is 265 g/mol. The highest BCUT2D eigenvalue weighted by Crippen LogP contribution is 2.20. The number of ketones is 1. The average molecular weight is 265 g/mol. The zero-order valence-corrected chi connectivity index (χ0v) is 13.8. The van der Waals surface area contributed by atoms with Gasteiger partial charge in [0.05, 0.1) is 0 Å². The largest absolute Gasteiger partial charge is 0.299 e. The summed E-state index contributed by atoms with van der Waals surface area (Å²) in [6, 6.07) is 0.301. The van der Waals surface area contributed by atoms with Crippen LogP contribution in [0, 0.1) is 0 Å². The van der Waals surface area contributed by atoms with Gasteiger partial charge in [0, 0.05) is 24.6 Å². The van der Waals surface area contributed by atoms with Gasteiger partial charge in [-0.1, -0.05) is 52.5 Å². The normalized spacial score (nSPS) is 20.2. The van der Waals surface area contributed by atoms with Gasteiger partial charge in [-0.05, 0) is 26.5 Å². The summed E-state index contributed by atoms with van der Waals surface area (Å²) >= 11 is 0. The Morgan fingerprint density at radius 2 is 1.79 bits per heavy atom. The average Bonchev–Trinajstić information content (AvgIpc) is 2.53. The summed E-state index contributed by atoms with van der Waals surface area (Å²) in [7, 11) is 2.05. The van der Waals surface area contributed by atoms with Gasteiger partial charge in [0.25, 0.3) is 0 Å². The maximum atomic E-state index is 11.9. The molecule has 0 saturated heterocycles. The third kappa shape index (κ3) is 6.53. The second-order valence-electron chi connectivity index (χ2n) is 4.03. The van der Waals surface area contributed by atoms with E-state index >= 15 is 0 Å². The number of hydrogen-bond donors (Lipinski definition) is 0. The third-order valence-electron chi connectivity index (χ3n) is 2.87. The smallest absolute Gasteiger partial charge is 0.164 e. The molecule has 1 atom stereocenters. The maximum Gasteiger partial charge on any atom is 0.164 e. The summed E-state index contributed by atoms with van der Waals surface area (Å²) in [5.41, 5.74) is 1.86. The van der Waals surface area contributed by atoms with Crippen molar-refractivity contribution in [3.05, 3.63) is 36.0 Å². The summed E-state index contributed by atoms with van der Waals surface area (Å²) in [6.07, 6.45) is 6.24. The first-order valence-electron chi connectivity index (χ1n) is 7.31. The topological polar surface area (TPSA) is 20.3 Å². The van der Waals surface area contributed by atoms with E-state index in [2.05, 4.69) is 18.4 Å². The Bertz CT molecular complexity index is 326. The van der Waals surface area contributed by atoms with Crippen molar-refractivity contribution in [1.29, 1.82) is 0 Å². The third-order valence-corrected chi connectivity index (χ3v) is 2.87. The van der Waals surface area contributed by atoms with Crippen molar-refractivity contribution in [1.82, 2.24) is 4.90 Å². The number of nitrogens with zero attached hydrogens (tertiary/aromatic N) is 1. The molecule has 1 rings (SSSR count). The number of carbonyl (C=O) groups is 1. The molecule has 1 heterocycles. The number of Topliss-reactive ketones (excluding diaryl/α,β-unsaturated/α-hetero) is 1. The van der Waals surface area contributed by atoms with Crippen molar-refractivity contribution in [2.45, 2.75) is 54.0 Å². The molecular formula is C17H31NO. The minimum atomic E-state index is 0.204. The molecule has 0 aliphatic carbocycles. The summed E-state index contributed by atoms with van der Waals surface area (Å²) in [6.45, 7) is 16.6. The molecule has 0 bridgehead atoms. The fraction of sp³-hybridized carbons (Fsp3) is 0.588. The van der Waals surface area contributed by atoms with Crippen LogP contribution in [0.15, 0.2) is 36.0 Å². The van der Waals surface area contributed by atoms with Gasteiger partial charge in [0.1, 0.15) is 0 Å². The lowest BCUT2D eigenvalue weighted by atomic mass is 10.0. The van der Waals surface area contributed by atoms with Crippen molar-refractivity contribution in [2.75, 3.05) is 13.6 Å². The van der Waals surface area contributed by atoms with E-state index in [4.69, 9.17) is 0 Å². The first-order chi connectivity index (χ1) is 9.10. The number of allylic oxidation sites excluding steroid dienone is 3. The lowest BCUT2D eigenvalue weighted by Crippen LogP contribution is -2.30. The molecule has 0 N–H and O–H groups in total. The Kier molecular flexibility index (Phi) is 12.6. The SMILES string of the molecule is C=CC1=C(/C=C\C)CN(C)C(C)CC1=O.CC.CC. The van der Waals surface area contributed by atoms with Crippen LogP contribution in [0.1, 0.15) is 48.0 Å². The number of rotatable bonds is 2. The zero-order chi connectivity index (χ0) is 15.4. The van der Waals surface area contributed by atoms with E-state index in [0.717, 1.165) is 17.7 Å². The van der Waals surface area contributed by atoms with E-state index in [9.17, 15) is 4.79 Å². The van der Waals surface area contributed by atoms with Crippen LogP contribution >= 0.6 is 0 Å². The van der Waals surface area contributed by atoms with E-state index in [1.807, 2.05) is 53.8 Å². The molecule has 19 heavy (non-hydrogen) atoms. The molecule has 0 aromatic heterocycles. The first-order valence-corrected chi connectivity index (χ1v) is 7.31. The van der Waals surface area contributed by atoms with Gasteiger partial charge in [-0.25, -0.2) is 0 Å². The summed E-state index contributed by atoms with van der Waals surface area (Å²) in [4.78, 5) is 14.1. The van der Waals surface area contributed by atoms with Gasteiger partial charge in [-0.2, -0.15) is 0 Å². The molecule has 0 fully saturated rings. The predicted octanol–water partition coefficient (Wildman–Crippen LogP) is 4.39. The Morgan fingerprint density at radius 3 is 2.21 bits per heavy atom. The highest BCUT2D eigenvalue weighted by Gasteiger charge is 2.22. The second kappa shape index (κ2) is 11.9. The number of hydrogen-bond acceptors (Lipinski definition) is 2. The Morgan fingerprint density at radius 1 is 1.26 bits per heavy atom. The van der Waals surface area contributed by atoms with E-state index in [0.29, 0.717) is 12.5 Å². The van der Waals surface area contributed by atoms with Gasteiger partial charge in [0.15, 0.2) is 5.78 Å². The van der Waals surface area contributed by atoms with Gasteiger partial charge in [-0.3, -0.25) is 9.69 Å². The van der Waals surface area contributed by atoms with Crippen LogP contribution in [-0.2, 0) is 4.79 Å². The predicted molar refractivity (Wildman–Crippen MR) is 86.4 cm³/mol. The van der Waals surface area contributed by atoms with Crippen LogP contribution in [0.3, 0.4) is 0 Å². The van der Waals surface area contributed by atoms with E-state index in [1.165, 1.54) is 0 Å². The standard InChI is InChI=1S/C13H19NO.2C2H6/c1-5-7-11-9-14(4)10(3)8-13(15)12(11)6-2;2*1-2/h5-7,10H,2,8-9H2,1,3-4H3;2*1-2H3/b7-5-;;. The van der Waals surface area contributed by atoms with Gasteiger partial charge >= 0.3 is 0 Å². The molecule has 1 aliphatic rings. The van der Waals surface area contributed by atoms with E-state index < -0.39 is 0 Å². The zero-order valence-electron chi connectivity index (χ0n) is 13.8. The molecular weight excluding hydrogens is 234 g/mol. The van der Waals surface area contributed by atoms with Crippen molar-refractivity contribution in [3.8, 4) is 0 Å². The quantitative estimate of drug-likeness (QED) is 0.738. The van der Waals surface area contributed by atoms with Gasteiger partial charge in [0.2, 0.25) is 0 Å². The molecule has 1 aliphatic heterocycles. The molecule has 0 spiro atoms. The second-order valence-corrected chi connectivity index (χ2v) is 4.03. The van der Waals surface area contributed by atoms with Crippen molar-refractivity contribution >= 4 is 5.78 Å². The minimum Gasteiger partial charge on any atom is -0.299 e. The molecule has 1 unspecified atom stereocenters. The van der Waals surface area contributed by atoms with Gasteiger partial charge in [-0.15, -0.1) is 0 Å². The lowest BCUT2D eigenvalue weighted by molar-refractivity contribution is -0.115. The van der Waals surface area contributed by atoms with Crippen LogP contribution in [-0.4, -0.2) is 30.3 Å². The van der Waals surface area contributed by atoms with E-state index in [1.54, 1.807) is 6.08 Å². The fourth-order valence-electron chi connectivity index (χ4n) is 1.81. The van der Waals surface area contributed by atoms with Crippen molar-refractivity contribution in [3.63, 3.8) is 0 Å². The van der Waals surface area contributed by atoms with Crippen LogP contribution in [0.25, 0.3) is 0 Å². The minimum absolute atomic E-state index is 0.204. The van der Waals surface area contributed by atoms with Crippen LogP contribution in [0.4, 0.5) is 0 Å². The Labute approximate surface area is 119 Å². The number of likely N-dealkylation sites (N-methyl/N-ethyl adjacent to an activating group) is 1. The first kappa shape index (κ1) is 20.2. The Hall–Kier alpha value is -1.15. The highest BCUT2D eigenvalue weighted by molar-refractivity contribution is 5.99. The van der Waals surface area contributed by atoms with Gasteiger partial charge < -0.3 is 0 Å². The summed E-state index contributed by atoms with van der Waals surface area (Å²) < 4.78 is 0. The maximum absolute atomic E-state index is 11.9. The van der Waals surface area contributed by atoms with Crippen LogP contribution in [0.2, 0.25) is 0 Å². The molecule has 0 saturated carbocycles. The molecule has 110 valence electrons.